The molecule has 104 valence electrons. The van der Waals surface area contributed by atoms with Gasteiger partial charge in [0.1, 0.15) is 6.61 Å². The number of ether oxygens (including phenoxy) is 1. The lowest BCUT2D eigenvalue weighted by molar-refractivity contribution is -0.136. The van der Waals surface area contributed by atoms with Gasteiger partial charge >= 0.3 is 5.97 Å². The average Bonchev–Trinajstić information content (AvgIpc) is 2.41. The Labute approximate surface area is 116 Å². The minimum atomic E-state index is -0.865. The number of aryl methyl sites for hydroxylation is 1. The highest BCUT2D eigenvalue weighted by atomic mass is 19.1. The minimum absolute atomic E-state index is 0.00630. The van der Waals surface area contributed by atoms with Crippen LogP contribution in [-0.4, -0.2) is 11.1 Å². The summed E-state index contributed by atoms with van der Waals surface area (Å²) in [5, 5.41) is 8.68. The topological polar surface area (TPSA) is 46.5 Å². The molecular weight excluding hydrogens is 259 g/mol. The van der Waals surface area contributed by atoms with Gasteiger partial charge in [-0.25, -0.2) is 4.39 Å². The first-order valence-electron chi connectivity index (χ1n) is 6.24. The normalized spacial score (nSPS) is 10.3. The maximum absolute atomic E-state index is 13.7. The van der Waals surface area contributed by atoms with Gasteiger partial charge in [0.2, 0.25) is 0 Å². The number of rotatable bonds is 5. The first kappa shape index (κ1) is 14.1. The van der Waals surface area contributed by atoms with Gasteiger partial charge in [0.05, 0.1) is 6.42 Å². The lowest BCUT2D eigenvalue weighted by Crippen LogP contribution is -2.01. The fourth-order valence-corrected chi connectivity index (χ4v) is 1.82. The second kappa shape index (κ2) is 6.19. The van der Waals surface area contributed by atoms with E-state index in [1.165, 1.54) is 0 Å². The zero-order valence-electron chi connectivity index (χ0n) is 11.1. The van der Waals surface area contributed by atoms with E-state index in [2.05, 4.69) is 0 Å². The van der Waals surface area contributed by atoms with Gasteiger partial charge < -0.3 is 9.84 Å². The number of halogens is 1. The van der Waals surface area contributed by atoms with Crippen molar-refractivity contribution >= 4 is 5.97 Å². The zero-order valence-corrected chi connectivity index (χ0v) is 11.1. The van der Waals surface area contributed by atoms with E-state index in [1.807, 2.05) is 0 Å². The molecule has 0 unspecified atom stereocenters. The van der Waals surface area contributed by atoms with Crippen LogP contribution in [0, 0.1) is 12.7 Å². The molecule has 4 heteroatoms. The Kier molecular flexibility index (Phi) is 4.35. The average molecular weight is 274 g/mol. The summed E-state index contributed by atoms with van der Waals surface area (Å²) >= 11 is 0. The maximum Gasteiger partial charge on any atom is 0.307 e. The SMILES string of the molecule is Cc1cccc(OCc2ccc(CC(=O)O)cc2)c1F. The monoisotopic (exact) mass is 274 g/mol. The van der Waals surface area contributed by atoms with Crippen LogP contribution in [0.3, 0.4) is 0 Å². The quantitative estimate of drug-likeness (QED) is 0.909. The van der Waals surface area contributed by atoms with Crippen LogP contribution >= 0.6 is 0 Å². The summed E-state index contributed by atoms with van der Waals surface area (Å²) in [4.78, 5) is 10.6. The van der Waals surface area contributed by atoms with E-state index >= 15 is 0 Å². The lowest BCUT2D eigenvalue weighted by Gasteiger charge is -2.09. The van der Waals surface area contributed by atoms with Crippen molar-refractivity contribution in [2.45, 2.75) is 20.0 Å². The second-order valence-corrected chi connectivity index (χ2v) is 4.56. The molecule has 0 aromatic heterocycles. The molecule has 0 radical (unpaired) electrons. The highest BCUT2D eigenvalue weighted by Crippen LogP contribution is 2.20. The fraction of sp³-hybridized carbons (Fsp3) is 0.188. The third kappa shape index (κ3) is 3.57. The van der Waals surface area contributed by atoms with E-state index in [0.717, 1.165) is 11.1 Å². The van der Waals surface area contributed by atoms with Crippen LogP contribution in [0.15, 0.2) is 42.5 Å². The fourth-order valence-electron chi connectivity index (χ4n) is 1.82. The summed E-state index contributed by atoms with van der Waals surface area (Å²) in [5.41, 5.74) is 2.13. The van der Waals surface area contributed by atoms with Crippen molar-refractivity contribution in [2.75, 3.05) is 0 Å². The largest absolute Gasteiger partial charge is 0.486 e. The molecule has 0 spiro atoms. The molecule has 0 aliphatic rings. The smallest absolute Gasteiger partial charge is 0.307 e. The van der Waals surface area contributed by atoms with Gasteiger partial charge in [0.15, 0.2) is 11.6 Å². The molecule has 20 heavy (non-hydrogen) atoms. The predicted molar refractivity (Wildman–Crippen MR) is 73.3 cm³/mol. The highest BCUT2D eigenvalue weighted by molar-refractivity contribution is 5.70. The first-order chi connectivity index (χ1) is 9.56. The summed E-state index contributed by atoms with van der Waals surface area (Å²) in [6.45, 7) is 1.93. The number of hydrogen-bond donors (Lipinski definition) is 1. The van der Waals surface area contributed by atoms with Crippen molar-refractivity contribution in [3.05, 3.63) is 65.0 Å². The molecule has 0 fully saturated rings. The molecule has 2 rings (SSSR count). The second-order valence-electron chi connectivity index (χ2n) is 4.56. The van der Waals surface area contributed by atoms with Crippen molar-refractivity contribution in [1.29, 1.82) is 0 Å². The van der Waals surface area contributed by atoms with E-state index in [0.29, 0.717) is 5.56 Å². The van der Waals surface area contributed by atoms with Gasteiger partial charge in [0.25, 0.3) is 0 Å². The van der Waals surface area contributed by atoms with Crippen molar-refractivity contribution in [3.8, 4) is 5.75 Å². The third-order valence-corrected chi connectivity index (χ3v) is 2.93. The standard InChI is InChI=1S/C16H15FO3/c1-11-3-2-4-14(16(11)17)20-10-13-7-5-12(6-8-13)9-15(18)19/h2-8H,9-10H2,1H3,(H,18,19). The van der Waals surface area contributed by atoms with Crippen LogP contribution in [0.25, 0.3) is 0 Å². The van der Waals surface area contributed by atoms with Crippen LogP contribution in [-0.2, 0) is 17.8 Å². The zero-order chi connectivity index (χ0) is 14.5. The van der Waals surface area contributed by atoms with Crippen molar-refractivity contribution < 1.29 is 19.0 Å². The number of benzene rings is 2. The maximum atomic E-state index is 13.7. The summed E-state index contributed by atoms with van der Waals surface area (Å²) in [6, 6.07) is 12.0. The van der Waals surface area contributed by atoms with Gasteiger partial charge in [-0.15, -0.1) is 0 Å². The Morgan fingerprint density at radius 2 is 1.80 bits per heavy atom. The van der Waals surface area contributed by atoms with Crippen LogP contribution in [0.5, 0.6) is 5.75 Å². The molecule has 0 saturated heterocycles. The molecule has 0 bridgehead atoms. The summed E-state index contributed by atoms with van der Waals surface area (Å²) in [6.07, 6.45) is -0.00630. The van der Waals surface area contributed by atoms with Gasteiger partial charge in [0, 0.05) is 0 Å². The molecule has 0 atom stereocenters. The predicted octanol–water partition coefficient (Wildman–Crippen LogP) is 3.34. The van der Waals surface area contributed by atoms with Crippen molar-refractivity contribution in [1.82, 2.24) is 0 Å². The summed E-state index contributed by atoms with van der Waals surface area (Å²) in [7, 11) is 0. The number of aliphatic carboxylic acids is 1. The lowest BCUT2D eigenvalue weighted by atomic mass is 10.1. The number of hydrogen-bond acceptors (Lipinski definition) is 2. The Bertz CT molecular complexity index is 606. The molecule has 0 heterocycles. The minimum Gasteiger partial charge on any atom is -0.486 e. The molecule has 3 nitrogen and oxygen atoms in total. The molecule has 0 amide bonds. The number of carbonyl (C=O) groups is 1. The van der Waals surface area contributed by atoms with Crippen LogP contribution in [0.4, 0.5) is 4.39 Å². The Hall–Kier alpha value is -2.36. The van der Waals surface area contributed by atoms with E-state index in [4.69, 9.17) is 9.84 Å². The van der Waals surface area contributed by atoms with Crippen LogP contribution in [0.1, 0.15) is 16.7 Å². The van der Waals surface area contributed by atoms with Gasteiger partial charge in [-0.05, 0) is 29.7 Å². The molecule has 0 aliphatic heterocycles. The van der Waals surface area contributed by atoms with Gasteiger partial charge in [-0.3, -0.25) is 4.79 Å². The number of carboxylic acids is 1. The first-order valence-corrected chi connectivity index (χ1v) is 6.24. The molecule has 2 aromatic rings. The van der Waals surface area contributed by atoms with E-state index in [-0.39, 0.29) is 24.6 Å². The van der Waals surface area contributed by atoms with Gasteiger partial charge in [-0.2, -0.15) is 0 Å². The van der Waals surface area contributed by atoms with E-state index < -0.39 is 5.97 Å². The van der Waals surface area contributed by atoms with E-state index in [1.54, 1.807) is 49.4 Å². The molecule has 0 aliphatic carbocycles. The van der Waals surface area contributed by atoms with E-state index in [9.17, 15) is 9.18 Å². The Morgan fingerprint density at radius 1 is 1.15 bits per heavy atom. The highest BCUT2D eigenvalue weighted by Gasteiger charge is 2.06. The summed E-state index contributed by atoms with van der Waals surface area (Å²) < 4.78 is 19.2. The van der Waals surface area contributed by atoms with Crippen molar-refractivity contribution in [3.63, 3.8) is 0 Å². The molecule has 1 N–H and O–H groups in total. The Morgan fingerprint density at radius 3 is 2.45 bits per heavy atom. The Balaban J connectivity index is 2.00. The van der Waals surface area contributed by atoms with Gasteiger partial charge in [-0.1, -0.05) is 36.4 Å². The number of carboxylic acid groups (broad SMARTS) is 1. The molecular formula is C16H15FO3. The van der Waals surface area contributed by atoms with Crippen LogP contribution < -0.4 is 4.74 Å². The van der Waals surface area contributed by atoms with Crippen LogP contribution in [0.2, 0.25) is 0 Å². The molecule has 2 aromatic carbocycles. The summed E-state index contributed by atoms with van der Waals surface area (Å²) in [5.74, 6) is -0.995. The third-order valence-electron chi connectivity index (χ3n) is 2.93. The van der Waals surface area contributed by atoms with Crippen molar-refractivity contribution in [2.24, 2.45) is 0 Å². The molecule has 0 saturated carbocycles.